The monoisotopic (exact) mass is 1540 g/mol. The van der Waals surface area contributed by atoms with E-state index in [1.165, 1.54) is 0 Å². The van der Waals surface area contributed by atoms with Crippen molar-refractivity contribution in [1.82, 2.24) is 15.5 Å². The van der Waals surface area contributed by atoms with Crippen LogP contribution in [0.15, 0.2) is 0 Å². The molecular formula is C34H42I6N6O15. The number of benzene rings is 2. The molecule has 0 bridgehead atoms. The van der Waals surface area contributed by atoms with Gasteiger partial charge >= 0.3 is 0 Å². The summed E-state index contributed by atoms with van der Waals surface area (Å²) in [5, 5.41) is 94.2. The first-order valence-electron chi connectivity index (χ1n) is 17.4. The van der Waals surface area contributed by atoms with E-state index in [9.17, 15) is 74.7 Å². The van der Waals surface area contributed by atoms with E-state index in [0.717, 1.165) is 21.6 Å². The number of aliphatic hydroxyl groups excluding tert-OH is 9. The van der Waals surface area contributed by atoms with Crippen LogP contribution in [0.4, 0.5) is 11.4 Å². The number of hydrogen-bond acceptors (Lipinski definition) is 15. The number of nitrogens with one attached hydrogen (secondary N) is 2. The second-order valence-corrected chi connectivity index (χ2v) is 19.4. The molecule has 6 amide bonds. The maximum absolute atomic E-state index is 14.1. The van der Waals surface area contributed by atoms with Gasteiger partial charge in [0.1, 0.15) is 0 Å². The number of carbonyl (C=O) groups excluding carboxylic acids is 6. The second-order valence-electron chi connectivity index (χ2n) is 13.0. The highest BCUT2D eigenvalue weighted by Crippen LogP contribution is 2.40. The summed E-state index contributed by atoms with van der Waals surface area (Å²) in [6, 6.07) is 0. The number of carbonyl (C=O) groups is 6. The van der Waals surface area contributed by atoms with Gasteiger partial charge in [0.2, 0.25) is 12.3 Å². The summed E-state index contributed by atoms with van der Waals surface area (Å²) < 4.78 is 0.484. The maximum Gasteiger partial charge on any atom is 0.256 e. The van der Waals surface area contributed by atoms with Crippen LogP contribution in [0.3, 0.4) is 0 Å². The van der Waals surface area contributed by atoms with Crippen molar-refractivity contribution < 1.29 is 74.7 Å². The molecule has 0 aliphatic carbocycles. The number of hydrogen-bond donors (Lipinski definition) is 12. The number of amides is 6. The highest BCUT2D eigenvalue weighted by atomic mass is 127. The fourth-order valence-corrected chi connectivity index (χ4v) is 14.9. The predicted octanol–water partition coefficient (Wildman–Crippen LogP) is -1.90. The molecule has 0 aliphatic rings. The van der Waals surface area contributed by atoms with E-state index < -0.39 is 126 Å². The standard InChI is InChI=1S/C34H42I6N6O15/c1-13(52)46(30-26(38)20(32(59)42-2-14(53)8-47)24(36)21(27(30)39)33(60)43-3-15(54)9-48)7-16(55)4-45(12-51)29-25(37)19(31(41)58)23(35)22(28(29)40)34(61)44(5-17(56)10-49)6-18(57)11-50/h12,14-18,47-50,53-57H,2-11H2,1H3,(H2,41,58)(H,42,59)(H,43,60). The lowest BCUT2D eigenvalue weighted by molar-refractivity contribution is -0.116. The van der Waals surface area contributed by atoms with Crippen molar-refractivity contribution >= 4 is 183 Å². The summed E-state index contributed by atoms with van der Waals surface area (Å²) in [5.74, 6) is -4.22. The van der Waals surface area contributed by atoms with Crippen LogP contribution < -0.4 is 26.2 Å². The van der Waals surface area contributed by atoms with Crippen LogP contribution in [0.25, 0.3) is 0 Å². The molecule has 2 aromatic carbocycles. The number of rotatable bonds is 23. The minimum Gasteiger partial charge on any atom is -0.394 e. The van der Waals surface area contributed by atoms with Gasteiger partial charge < -0.3 is 77.0 Å². The van der Waals surface area contributed by atoms with Crippen LogP contribution in [0.2, 0.25) is 0 Å². The third-order valence-corrected chi connectivity index (χ3v) is 14.7. The minimum atomic E-state index is -1.63. The Kier molecular flexibility index (Phi) is 24.4. The number of nitrogens with zero attached hydrogens (tertiary/aromatic N) is 3. The highest BCUT2D eigenvalue weighted by Gasteiger charge is 2.35. The van der Waals surface area contributed by atoms with Crippen LogP contribution in [0.5, 0.6) is 0 Å². The van der Waals surface area contributed by atoms with E-state index in [1.54, 1.807) is 136 Å². The SMILES string of the molecule is CC(=O)N(CC(O)CN(C=O)c1c(I)c(C(N)=O)c(I)c(C(=O)N(CC(O)CO)CC(O)CO)c1I)c1c(I)c(C(=O)NCC(O)CO)c(I)c(C(=O)NCC(O)CO)c1I. The Labute approximate surface area is 430 Å². The molecule has 340 valence electrons. The van der Waals surface area contributed by atoms with E-state index in [4.69, 9.17) is 5.73 Å². The Morgan fingerprint density at radius 3 is 1.34 bits per heavy atom. The van der Waals surface area contributed by atoms with Gasteiger partial charge in [0, 0.05) is 40.2 Å². The van der Waals surface area contributed by atoms with E-state index in [2.05, 4.69) is 10.6 Å². The minimum absolute atomic E-state index is 0.0240. The summed E-state index contributed by atoms with van der Waals surface area (Å²) in [6.07, 6.45) is -6.95. The van der Waals surface area contributed by atoms with E-state index >= 15 is 0 Å². The normalized spacial score (nSPS) is 13.7. The van der Waals surface area contributed by atoms with Gasteiger partial charge in [-0.05, 0) is 136 Å². The average Bonchev–Trinajstić information content (AvgIpc) is 3.19. The number of primary amides is 1. The van der Waals surface area contributed by atoms with Crippen molar-refractivity contribution in [3.63, 3.8) is 0 Å². The summed E-state index contributed by atoms with van der Waals surface area (Å²) in [7, 11) is 0. The molecule has 0 aromatic heterocycles. The Bertz CT molecular complexity index is 1900. The van der Waals surface area contributed by atoms with Crippen molar-refractivity contribution in [3.8, 4) is 0 Å². The quantitative estimate of drug-likeness (QED) is 0.0428. The molecule has 61 heavy (non-hydrogen) atoms. The highest BCUT2D eigenvalue weighted by molar-refractivity contribution is 14.1. The molecule has 0 saturated heterocycles. The number of aliphatic hydroxyl groups is 9. The number of halogens is 6. The molecule has 27 heteroatoms. The third kappa shape index (κ3) is 14.6. The Hall–Kier alpha value is -0.720. The van der Waals surface area contributed by atoms with Gasteiger partial charge in [-0.3, -0.25) is 28.8 Å². The zero-order chi connectivity index (χ0) is 46.6. The molecule has 5 unspecified atom stereocenters. The van der Waals surface area contributed by atoms with Crippen molar-refractivity contribution in [2.45, 2.75) is 37.4 Å². The van der Waals surface area contributed by atoms with Crippen LogP contribution in [0, 0.1) is 21.4 Å². The van der Waals surface area contributed by atoms with Crippen LogP contribution in [-0.4, -0.2) is 183 Å². The van der Waals surface area contributed by atoms with Gasteiger partial charge in [-0.25, -0.2) is 0 Å². The summed E-state index contributed by atoms with van der Waals surface area (Å²) >= 11 is 10.5. The Morgan fingerprint density at radius 2 is 0.967 bits per heavy atom. The largest absolute Gasteiger partial charge is 0.394 e. The lowest BCUT2D eigenvalue weighted by Crippen LogP contribution is -2.45. The van der Waals surface area contributed by atoms with E-state index in [1.807, 2.05) is 0 Å². The molecule has 2 aromatic rings. The van der Waals surface area contributed by atoms with Crippen LogP contribution in [-0.2, 0) is 9.59 Å². The van der Waals surface area contributed by atoms with Crippen molar-refractivity contribution in [3.05, 3.63) is 43.7 Å². The molecule has 0 aliphatic heterocycles. The Morgan fingerprint density at radius 1 is 0.574 bits per heavy atom. The van der Waals surface area contributed by atoms with Gasteiger partial charge in [0.05, 0.1) is 118 Å². The Balaban J connectivity index is 2.81. The summed E-state index contributed by atoms with van der Waals surface area (Å²) in [6.45, 7) is -4.74. The molecule has 2 rings (SSSR count). The molecular weight excluding hydrogens is 1490 g/mol. The number of anilines is 2. The first-order chi connectivity index (χ1) is 28.5. The van der Waals surface area contributed by atoms with E-state index in [-0.39, 0.29) is 55.0 Å². The molecule has 0 saturated carbocycles. The lowest BCUT2D eigenvalue weighted by atomic mass is 10.1. The second kappa shape index (κ2) is 26.4. The summed E-state index contributed by atoms with van der Waals surface area (Å²) in [4.78, 5) is 83.4. The smallest absolute Gasteiger partial charge is 0.256 e. The molecule has 0 heterocycles. The molecule has 5 atom stereocenters. The first kappa shape index (κ1) is 56.4. The third-order valence-electron chi connectivity index (χ3n) is 8.36. The first-order valence-corrected chi connectivity index (χ1v) is 23.9. The number of nitrogens with two attached hydrogens (primary N) is 1. The van der Waals surface area contributed by atoms with Gasteiger partial charge in [-0.1, -0.05) is 0 Å². The molecule has 21 nitrogen and oxygen atoms in total. The van der Waals surface area contributed by atoms with Gasteiger partial charge in [0.25, 0.3) is 23.6 Å². The fraction of sp³-hybridized carbons (Fsp3) is 0.471. The van der Waals surface area contributed by atoms with Gasteiger partial charge in [0.15, 0.2) is 0 Å². The molecule has 13 N–H and O–H groups in total. The fourth-order valence-electron chi connectivity index (χ4n) is 5.40. The molecule has 0 spiro atoms. The van der Waals surface area contributed by atoms with Crippen LogP contribution >= 0.6 is 136 Å². The average molecular weight is 1540 g/mol. The molecule has 0 fully saturated rings. The molecule has 0 radical (unpaired) electrons. The maximum atomic E-state index is 14.1. The zero-order valence-electron chi connectivity index (χ0n) is 31.7. The predicted molar refractivity (Wildman–Crippen MR) is 268 cm³/mol. The van der Waals surface area contributed by atoms with Gasteiger partial charge in [-0.15, -0.1) is 0 Å². The zero-order valence-corrected chi connectivity index (χ0v) is 44.6. The topological polar surface area (TPSA) is 344 Å². The lowest BCUT2D eigenvalue weighted by Gasteiger charge is -2.32. The van der Waals surface area contributed by atoms with Crippen molar-refractivity contribution in [1.29, 1.82) is 0 Å². The van der Waals surface area contributed by atoms with Crippen LogP contribution in [0.1, 0.15) is 48.4 Å². The van der Waals surface area contributed by atoms with Gasteiger partial charge in [-0.2, -0.15) is 0 Å². The van der Waals surface area contributed by atoms with Crippen molar-refractivity contribution in [2.24, 2.45) is 5.73 Å². The van der Waals surface area contributed by atoms with E-state index in [0.29, 0.717) is 6.41 Å². The summed E-state index contributed by atoms with van der Waals surface area (Å²) in [5.41, 5.74) is 4.99. The van der Waals surface area contributed by atoms with Crippen molar-refractivity contribution in [2.75, 3.05) is 75.5 Å².